The van der Waals surface area contributed by atoms with Gasteiger partial charge in [-0.1, -0.05) is 18.2 Å². The molecule has 0 N–H and O–H groups in total. The predicted molar refractivity (Wildman–Crippen MR) is 107 cm³/mol. The summed E-state index contributed by atoms with van der Waals surface area (Å²) < 4.78 is 7.76. The average molecular weight is 363 g/mol. The van der Waals surface area contributed by atoms with E-state index in [1.807, 2.05) is 69.4 Å². The number of benzene rings is 1. The fraction of sp³-hybridized carbons (Fsp3) is 0.273. The third kappa shape index (κ3) is 4.37. The lowest BCUT2D eigenvalue weighted by Gasteiger charge is -2.17. The summed E-state index contributed by atoms with van der Waals surface area (Å²) in [6.45, 7) is 5.20. The zero-order valence-corrected chi connectivity index (χ0v) is 16.1. The molecular weight excluding hydrogens is 338 g/mol. The van der Waals surface area contributed by atoms with Crippen LogP contribution >= 0.6 is 0 Å². The SMILES string of the molecule is Cc1cc(C(=O)N(C)CCCOc2ccccc2)c(C)n1-c1cccnc1. The molecule has 0 saturated heterocycles. The number of aryl methyl sites for hydroxylation is 1. The molecule has 0 atom stereocenters. The van der Waals surface area contributed by atoms with Crippen LogP contribution in [0.1, 0.15) is 28.2 Å². The number of hydrogen-bond donors (Lipinski definition) is 0. The second-order valence-electron chi connectivity index (χ2n) is 6.57. The fourth-order valence-electron chi connectivity index (χ4n) is 3.18. The van der Waals surface area contributed by atoms with Crippen LogP contribution in [0.4, 0.5) is 0 Å². The van der Waals surface area contributed by atoms with Crippen LogP contribution in [0.15, 0.2) is 60.9 Å². The Morgan fingerprint density at radius 3 is 2.63 bits per heavy atom. The van der Waals surface area contributed by atoms with E-state index in [1.54, 1.807) is 17.3 Å². The highest BCUT2D eigenvalue weighted by Crippen LogP contribution is 2.21. The van der Waals surface area contributed by atoms with Crippen molar-refractivity contribution in [1.29, 1.82) is 0 Å². The number of carbonyl (C=O) groups excluding carboxylic acids is 1. The highest BCUT2D eigenvalue weighted by atomic mass is 16.5. The molecule has 3 rings (SSSR count). The number of ether oxygens (including phenoxy) is 1. The van der Waals surface area contributed by atoms with Crippen LogP contribution in [0.3, 0.4) is 0 Å². The van der Waals surface area contributed by atoms with Gasteiger partial charge in [-0.2, -0.15) is 0 Å². The largest absolute Gasteiger partial charge is 0.494 e. The molecule has 0 radical (unpaired) electrons. The van der Waals surface area contributed by atoms with Gasteiger partial charge in [0.1, 0.15) is 5.75 Å². The molecule has 5 nitrogen and oxygen atoms in total. The summed E-state index contributed by atoms with van der Waals surface area (Å²) in [5, 5.41) is 0. The molecule has 0 bridgehead atoms. The van der Waals surface area contributed by atoms with Gasteiger partial charge in [-0.25, -0.2) is 0 Å². The lowest BCUT2D eigenvalue weighted by Crippen LogP contribution is -2.29. The molecule has 0 aliphatic carbocycles. The summed E-state index contributed by atoms with van der Waals surface area (Å²) in [4.78, 5) is 18.8. The Morgan fingerprint density at radius 2 is 1.93 bits per heavy atom. The van der Waals surface area contributed by atoms with Crippen molar-refractivity contribution >= 4 is 5.91 Å². The first kappa shape index (κ1) is 18.7. The molecule has 0 aliphatic heterocycles. The summed E-state index contributed by atoms with van der Waals surface area (Å²) in [5.74, 6) is 0.879. The van der Waals surface area contributed by atoms with E-state index in [4.69, 9.17) is 4.74 Å². The summed E-state index contributed by atoms with van der Waals surface area (Å²) >= 11 is 0. The predicted octanol–water partition coefficient (Wildman–Crippen LogP) is 4.03. The minimum absolute atomic E-state index is 0.0259. The normalized spacial score (nSPS) is 10.6. The Hall–Kier alpha value is -3.08. The minimum Gasteiger partial charge on any atom is -0.494 e. The Kier molecular flexibility index (Phi) is 5.91. The second kappa shape index (κ2) is 8.54. The molecule has 0 saturated carbocycles. The van der Waals surface area contributed by atoms with Gasteiger partial charge >= 0.3 is 0 Å². The van der Waals surface area contributed by atoms with E-state index in [9.17, 15) is 4.79 Å². The second-order valence-corrected chi connectivity index (χ2v) is 6.57. The molecule has 0 unspecified atom stereocenters. The molecule has 0 spiro atoms. The van der Waals surface area contributed by atoms with E-state index >= 15 is 0 Å². The van der Waals surface area contributed by atoms with Gasteiger partial charge in [0.25, 0.3) is 5.91 Å². The van der Waals surface area contributed by atoms with Gasteiger partial charge in [0.2, 0.25) is 0 Å². The zero-order chi connectivity index (χ0) is 19.2. The Balaban J connectivity index is 1.62. The zero-order valence-electron chi connectivity index (χ0n) is 16.1. The lowest BCUT2D eigenvalue weighted by atomic mass is 10.2. The van der Waals surface area contributed by atoms with Crippen molar-refractivity contribution in [2.24, 2.45) is 0 Å². The number of nitrogens with zero attached hydrogens (tertiary/aromatic N) is 3. The molecule has 3 aromatic rings. The first-order valence-electron chi connectivity index (χ1n) is 9.10. The van der Waals surface area contributed by atoms with Crippen molar-refractivity contribution in [3.8, 4) is 11.4 Å². The van der Waals surface area contributed by atoms with Crippen LogP contribution in [0.25, 0.3) is 5.69 Å². The number of amides is 1. The van der Waals surface area contributed by atoms with Crippen LogP contribution < -0.4 is 4.74 Å². The standard InChI is InChI=1S/C22H25N3O2/c1-17-15-21(18(2)25(17)19-9-7-12-23-16-19)22(26)24(3)13-8-14-27-20-10-5-4-6-11-20/h4-7,9-12,15-16H,8,13-14H2,1-3H3. The maximum Gasteiger partial charge on any atom is 0.255 e. The molecule has 5 heteroatoms. The van der Waals surface area contributed by atoms with Gasteiger partial charge in [0.05, 0.1) is 24.1 Å². The van der Waals surface area contributed by atoms with E-state index in [0.717, 1.165) is 34.8 Å². The highest BCUT2D eigenvalue weighted by Gasteiger charge is 2.19. The topological polar surface area (TPSA) is 47.4 Å². The van der Waals surface area contributed by atoms with E-state index in [-0.39, 0.29) is 5.91 Å². The first-order valence-corrected chi connectivity index (χ1v) is 9.10. The molecule has 0 aliphatic rings. The minimum atomic E-state index is 0.0259. The van der Waals surface area contributed by atoms with Crippen molar-refractivity contribution < 1.29 is 9.53 Å². The van der Waals surface area contributed by atoms with Gasteiger partial charge in [0.15, 0.2) is 0 Å². The monoisotopic (exact) mass is 363 g/mol. The number of pyridine rings is 1. The number of rotatable bonds is 7. The van der Waals surface area contributed by atoms with Crippen molar-refractivity contribution in [3.63, 3.8) is 0 Å². The molecule has 27 heavy (non-hydrogen) atoms. The van der Waals surface area contributed by atoms with E-state index < -0.39 is 0 Å². The molecular formula is C22H25N3O2. The van der Waals surface area contributed by atoms with Crippen LogP contribution in [0, 0.1) is 13.8 Å². The maximum absolute atomic E-state index is 12.9. The number of para-hydroxylation sites is 1. The highest BCUT2D eigenvalue weighted by molar-refractivity contribution is 5.95. The third-order valence-corrected chi connectivity index (χ3v) is 4.56. The summed E-state index contributed by atoms with van der Waals surface area (Å²) in [6.07, 6.45) is 4.33. The quantitative estimate of drug-likeness (QED) is 0.596. The average Bonchev–Trinajstić information content (AvgIpc) is 3.00. The number of carbonyl (C=O) groups is 1. The molecule has 140 valence electrons. The van der Waals surface area contributed by atoms with Crippen molar-refractivity contribution in [2.45, 2.75) is 20.3 Å². The summed E-state index contributed by atoms with van der Waals surface area (Å²) in [6, 6.07) is 15.6. The lowest BCUT2D eigenvalue weighted by molar-refractivity contribution is 0.0787. The smallest absolute Gasteiger partial charge is 0.255 e. The first-order chi connectivity index (χ1) is 13.1. The van der Waals surface area contributed by atoms with Gasteiger partial charge in [-0.15, -0.1) is 0 Å². The van der Waals surface area contributed by atoms with Crippen molar-refractivity contribution in [3.05, 3.63) is 77.9 Å². The molecule has 1 amide bonds. The van der Waals surface area contributed by atoms with Gasteiger partial charge in [-0.3, -0.25) is 9.78 Å². The van der Waals surface area contributed by atoms with Crippen LogP contribution in [-0.4, -0.2) is 40.6 Å². The summed E-state index contributed by atoms with van der Waals surface area (Å²) in [5.41, 5.74) is 3.64. The maximum atomic E-state index is 12.9. The van der Waals surface area contributed by atoms with Gasteiger partial charge < -0.3 is 14.2 Å². The van der Waals surface area contributed by atoms with Crippen molar-refractivity contribution in [2.75, 3.05) is 20.2 Å². The van der Waals surface area contributed by atoms with Gasteiger partial charge in [-0.05, 0) is 50.6 Å². The molecule has 1 aromatic carbocycles. The Labute approximate surface area is 160 Å². The third-order valence-electron chi connectivity index (χ3n) is 4.56. The van der Waals surface area contributed by atoms with Gasteiger partial charge in [0, 0.05) is 31.2 Å². The van der Waals surface area contributed by atoms with Crippen LogP contribution in [-0.2, 0) is 0 Å². The Bertz CT molecular complexity index is 889. The fourth-order valence-corrected chi connectivity index (χ4v) is 3.18. The van der Waals surface area contributed by atoms with E-state index in [0.29, 0.717) is 13.2 Å². The molecule has 0 fully saturated rings. The number of hydrogen-bond acceptors (Lipinski definition) is 3. The molecule has 2 heterocycles. The molecule has 2 aromatic heterocycles. The van der Waals surface area contributed by atoms with E-state index in [2.05, 4.69) is 9.55 Å². The van der Waals surface area contributed by atoms with Crippen LogP contribution in [0.2, 0.25) is 0 Å². The Morgan fingerprint density at radius 1 is 1.15 bits per heavy atom. The summed E-state index contributed by atoms with van der Waals surface area (Å²) in [7, 11) is 1.83. The number of aromatic nitrogens is 2. The van der Waals surface area contributed by atoms with E-state index in [1.165, 1.54) is 0 Å². The van der Waals surface area contributed by atoms with Crippen molar-refractivity contribution in [1.82, 2.24) is 14.5 Å². The van der Waals surface area contributed by atoms with Crippen LogP contribution in [0.5, 0.6) is 5.75 Å².